The van der Waals surface area contributed by atoms with Crippen molar-refractivity contribution in [3.05, 3.63) is 100 Å². The molecule has 0 saturated carbocycles. The van der Waals surface area contributed by atoms with Gasteiger partial charge in [0.2, 0.25) is 11.8 Å². The molecule has 1 saturated heterocycles. The molecule has 2 amide bonds. The highest BCUT2D eigenvalue weighted by atomic mass is 32.2. The lowest BCUT2D eigenvalue weighted by atomic mass is 9.99. The van der Waals surface area contributed by atoms with Crippen molar-refractivity contribution < 1.29 is 29.4 Å². The van der Waals surface area contributed by atoms with Crippen LogP contribution in [0.2, 0.25) is 0 Å². The van der Waals surface area contributed by atoms with E-state index in [0.29, 0.717) is 25.1 Å². The van der Waals surface area contributed by atoms with Gasteiger partial charge in [0.15, 0.2) is 10.6 Å². The van der Waals surface area contributed by atoms with Crippen molar-refractivity contribution in [1.82, 2.24) is 21.0 Å². The van der Waals surface area contributed by atoms with Crippen LogP contribution >= 0.6 is 23.1 Å². The first-order valence-corrected chi connectivity index (χ1v) is 16.5. The number of hydroxylamine groups is 1. The van der Waals surface area contributed by atoms with E-state index in [-0.39, 0.29) is 37.6 Å². The Morgan fingerprint density at radius 3 is 2.42 bits per heavy atom. The zero-order valence-corrected chi connectivity index (χ0v) is 26.5. The maximum atomic E-state index is 12.2. The maximum absolute atomic E-state index is 12.2. The summed E-state index contributed by atoms with van der Waals surface area (Å²) in [5.74, 6) is 0.0443. The first kappa shape index (κ1) is 32.7. The molecule has 1 aliphatic rings. The molecule has 3 atom stereocenters. The monoisotopic (exact) mass is 648 g/mol. The van der Waals surface area contributed by atoms with Crippen LogP contribution in [0.3, 0.4) is 0 Å². The summed E-state index contributed by atoms with van der Waals surface area (Å²) in [7, 11) is 0. The lowest BCUT2D eigenvalue weighted by molar-refractivity contribution is -0.245. The summed E-state index contributed by atoms with van der Waals surface area (Å²) in [5.41, 5.74) is 7.29. The minimum atomic E-state index is -0.585. The number of nitrogens with one attached hydrogen (secondary N) is 2. The topological polar surface area (TPSA) is 143 Å². The van der Waals surface area contributed by atoms with E-state index in [1.165, 1.54) is 0 Å². The van der Waals surface area contributed by atoms with Gasteiger partial charge in [-0.3, -0.25) is 14.8 Å². The van der Waals surface area contributed by atoms with Crippen molar-refractivity contribution in [2.45, 2.75) is 68.6 Å². The predicted molar refractivity (Wildman–Crippen MR) is 171 cm³/mol. The smallest absolute Gasteiger partial charge is 0.243 e. The second kappa shape index (κ2) is 16.1. The SMILES string of the molecule is Cc1nnc(SC[C@H]2C[C@@H](c3ccc(CO)cc3)O[C@@H](c3cccc(-c4cccc(CNC(=O)CCCC(=O)NO)c4)c3)O2)s1. The van der Waals surface area contributed by atoms with E-state index in [4.69, 9.17) is 14.7 Å². The van der Waals surface area contributed by atoms with E-state index in [0.717, 1.165) is 42.7 Å². The Labute approximate surface area is 270 Å². The molecule has 10 nitrogen and oxygen atoms in total. The lowest BCUT2D eigenvalue weighted by Gasteiger charge is -2.36. The van der Waals surface area contributed by atoms with Gasteiger partial charge >= 0.3 is 0 Å². The molecule has 1 aromatic heterocycles. The van der Waals surface area contributed by atoms with Crippen LogP contribution in [0.15, 0.2) is 77.1 Å². The molecule has 0 unspecified atom stereocenters. The number of aromatic nitrogens is 2. The molecule has 0 aliphatic carbocycles. The van der Waals surface area contributed by atoms with Crippen molar-refractivity contribution >= 4 is 34.9 Å². The number of aliphatic hydroxyl groups is 1. The van der Waals surface area contributed by atoms with Gasteiger partial charge in [0.1, 0.15) is 5.01 Å². The van der Waals surface area contributed by atoms with Crippen LogP contribution in [0.1, 0.15) is 65.3 Å². The van der Waals surface area contributed by atoms with Gasteiger partial charge in [0, 0.05) is 37.1 Å². The lowest BCUT2D eigenvalue weighted by Crippen LogP contribution is -2.31. The number of amides is 2. The third-order valence-electron chi connectivity index (χ3n) is 7.36. The number of hydrogen-bond acceptors (Lipinski definition) is 10. The van der Waals surface area contributed by atoms with Crippen LogP contribution in [0, 0.1) is 6.92 Å². The van der Waals surface area contributed by atoms with Gasteiger partial charge in [-0.05, 0) is 53.3 Å². The van der Waals surface area contributed by atoms with E-state index in [1.54, 1.807) is 28.6 Å². The summed E-state index contributed by atoms with van der Waals surface area (Å²) >= 11 is 3.21. The molecule has 1 aliphatic heterocycles. The largest absolute Gasteiger partial charge is 0.392 e. The summed E-state index contributed by atoms with van der Waals surface area (Å²) in [5, 5.41) is 30.3. The third kappa shape index (κ3) is 9.42. The van der Waals surface area contributed by atoms with Gasteiger partial charge in [-0.15, -0.1) is 10.2 Å². The number of rotatable bonds is 13. The van der Waals surface area contributed by atoms with Crippen molar-refractivity contribution in [2.75, 3.05) is 5.75 Å². The molecule has 45 heavy (non-hydrogen) atoms. The number of ether oxygens (including phenoxy) is 2. The van der Waals surface area contributed by atoms with E-state index in [9.17, 15) is 14.7 Å². The van der Waals surface area contributed by atoms with Crippen LogP contribution in [0.25, 0.3) is 11.1 Å². The van der Waals surface area contributed by atoms with Gasteiger partial charge in [0.05, 0.1) is 18.8 Å². The van der Waals surface area contributed by atoms with Crippen molar-refractivity contribution in [3.8, 4) is 11.1 Å². The zero-order chi connectivity index (χ0) is 31.6. The highest BCUT2D eigenvalue weighted by Crippen LogP contribution is 2.40. The molecule has 0 bridgehead atoms. The Kier molecular flexibility index (Phi) is 11.7. The quantitative estimate of drug-likeness (QED) is 0.0824. The van der Waals surface area contributed by atoms with Crippen LogP contribution in [-0.2, 0) is 32.2 Å². The van der Waals surface area contributed by atoms with Gasteiger partial charge in [-0.1, -0.05) is 83.8 Å². The van der Waals surface area contributed by atoms with Gasteiger partial charge in [-0.25, -0.2) is 5.48 Å². The van der Waals surface area contributed by atoms with Crippen molar-refractivity contribution in [3.63, 3.8) is 0 Å². The second-order valence-electron chi connectivity index (χ2n) is 10.7. The predicted octanol–water partition coefficient (Wildman–Crippen LogP) is 5.64. The fourth-order valence-corrected chi connectivity index (χ4v) is 6.86. The number of benzene rings is 3. The maximum Gasteiger partial charge on any atom is 0.243 e. The summed E-state index contributed by atoms with van der Waals surface area (Å²) < 4.78 is 14.0. The number of carbonyl (C=O) groups excluding carboxylic acids is 2. The molecular weight excluding hydrogens is 613 g/mol. The molecule has 4 N–H and O–H groups in total. The standard InChI is InChI=1S/C33H36N4O6S2/c1-21-35-36-33(45-21)44-20-28-17-29(24-13-11-22(19-38)12-14-24)43-32(42-28)27-8-3-7-26(16-27)25-6-2-5-23(15-25)18-34-30(39)9-4-10-31(40)37-41/h2-3,5-8,11-16,28-29,32,38,41H,4,9-10,17-20H2,1H3,(H,34,39)(H,37,40)/t28-,29+,32+/m1/s1. The first-order chi connectivity index (χ1) is 21.9. The molecule has 3 aromatic carbocycles. The normalized spacial score (nSPS) is 18.0. The van der Waals surface area contributed by atoms with E-state index >= 15 is 0 Å². The van der Waals surface area contributed by atoms with Crippen LogP contribution < -0.4 is 10.8 Å². The molecule has 1 fully saturated rings. The number of aliphatic hydroxyl groups excluding tert-OH is 1. The third-order valence-corrected chi connectivity index (χ3v) is 9.46. The molecule has 5 rings (SSSR count). The number of aryl methyl sites for hydroxylation is 1. The Bertz CT molecular complexity index is 1580. The highest BCUT2D eigenvalue weighted by molar-refractivity contribution is 8.01. The second-order valence-corrected chi connectivity index (χ2v) is 13.2. The molecule has 12 heteroatoms. The van der Waals surface area contributed by atoms with E-state index < -0.39 is 12.2 Å². The van der Waals surface area contributed by atoms with Gasteiger partial charge < -0.3 is 19.9 Å². The highest BCUT2D eigenvalue weighted by Gasteiger charge is 2.32. The summed E-state index contributed by atoms with van der Waals surface area (Å²) in [6, 6.07) is 23.9. The van der Waals surface area contributed by atoms with E-state index in [1.807, 2.05) is 73.7 Å². The molecule has 236 valence electrons. The minimum Gasteiger partial charge on any atom is -0.392 e. The minimum absolute atomic E-state index is 0.00998. The Morgan fingerprint density at radius 2 is 1.69 bits per heavy atom. The summed E-state index contributed by atoms with van der Waals surface area (Å²) in [4.78, 5) is 23.4. The molecule has 0 radical (unpaired) electrons. The van der Waals surface area contributed by atoms with E-state index in [2.05, 4.69) is 21.6 Å². The zero-order valence-electron chi connectivity index (χ0n) is 24.8. The van der Waals surface area contributed by atoms with Crippen molar-refractivity contribution in [1.29, 1.82) is 0 Å². The number of hydrogen-bond donors (Lipinski definition) is 4. The first-order valence-electron chi connectivity index (χ1n) is 14.7. The van der Waals surface area contributed by atoms with Crippen molar-refractivity contribution in [2.24, 2.45) is 0 Å². The molecule has 0 spiro atoms. The average molecular weight is 649 g/mol. The van der Waals surface area contributed by atoms with Crippen LogP contribution in [0.5, 0.6) is 0 Å². The van der Waals surface area contributed by atoms with Crippen LogP contribution in [-0.4, -0.2) is 44.2 Å². The number of thioether (sulfide) groups is 1. The summed E-state index contributed by atoms with van der Waals surface area (Å²) in [6.07, 6.45) is 0.459. The van der Waals surface area contributed by atoms with Gasteiger partial charge in [0.25, 0.3) is 0 Å². The molecule has 2 heterocycles. The van der Waals surface area contributed by atoms with Crippen LogP contribution in [0.4, 0.5) is 0 Å². The molecule has 4 aromatic rings. The average Bonchev–Trinajstić information content (AvgIpc) is 3.51. The van der Waals surface area contributed by atoms with Gasteiger partial charge in [-0.2, -0.15) is 0 Å². The number of carbonyl (C=O) groups is 2. The molecular formula is C33H36N4O6S2. The Hall–Kier alpha value is -3.65. The summed E-state index contributed by atoms with van der Waals surface area (Å²) in [6.45, 7) is 2.29. The number of nitrogens with zero attached hydrogens (tertiary/aromatic N) is 2. The fraction of sp³-hybridized carbons (Fsp3) is 0.333. The Balaban J connectivity index is 1.28. The fourth-order valence-electron chi connectivity index (χ4n) is 5.00. The Morgan fingerprint density at radius 1 is 0.933 bits per heavy atom.